The SMILES string of the molecule is CC(C)CC(N)C(=O)NC(C)C(=O)NC(Cc1cnc[nH]1)C(=O)O. The van der Waals surface area contributed by atoms with Crippen LogP contribution in [0.25, 0.3) is 0 Å². The zero-order valence-corrected chi connectivity index (χ0v) is 14.1. The van der Waals surface area contributed by atoms with Gasteiger partial charge in [0.25, 0.3) is 0 Å². The molecule has 1 aromatic heterocycles. The van der Waals surface area contributed by atoms with Gasteiger partial charge in [0.1, 0.15) is 12.1 Å². The molecule has 1 heterocycles. The van der Waals surface area contributed by atoms with E-state index >= 15 is 0 Å². The number of hydrogen-bond acceptors (Lipinski definition) is 5. The van der Waals surface area contributed by atoms with Gasteiger partial charge in [-0.2, -0.15) is 0 Å². The molecule has 3 atom stereocenters. The van der Waals surface area contributed by atoms with E-state index in [0.29, 0.717) is 12.1 Å². The molecule has 0 aliphatic carbocycles. The number of carbonyl (C=O) groups is 3. The molecular formula is C15H25N5O4. The van der Waals surface area contributed by atoms with Gasteiger partial charge in [0, 0.05) is 18.3 Å². The summed E-state index contributed by atoms with van der Waals surface area (Å²) in [6.07, 6.45) is 3.47. The molecule has 0 fully saturated rings. The molecule has 9 nitrogen and oxygen atoms in total. The van der Waals surface area contributed by atoms with Crippen LogP contribution in [-0.4, -0.2) is 51.0 Å². The highest BCUT2D eigenvalue weighted by atomic mass is 16.4. The lowest BCUT2D eigenvalue weighted by atomic mass is 10.0. The third-order valence-corrected chi connectivity index (χ3v) is 3.41. The van der Waals surface area contributed by atoms with Crippen molar-refractivity contribution in [2.45, 2.75) is 51.7 Å². The molecule has 0 saturated heterocycles. The lowest BCUT2D eigenvalue weighted by Gasteiger charge is -2.20. The van der Waals surface area contributed by atoms with E-state index in [1.54, 1.807) is 0 Å². The van der Waals surface area contributed by atoms with Crippen LogP contribution in [0.2, 0.25) is 0 Å². The molecule has 0 spiro atoms. The van der Waals surface area contributed by atoms with Gasteiger partial charge in [0.2, 0.25) is 11.8 Å². The average molecular weight is 339 g/mol. The van der Waals surface area contributed by atoms with Gasteiger partial charge >= 0.3 is 5.97 Å². The summed E-state index contributed by atoms with van der Waals surface area (Å²) >= 11 is 0. The van der Waals surface area contributed by atoms with Crippen molar-refractivity contribution in [3.8, 4) is 0 Å². The lowest BCUT2D eigenvalue weighted by Crippen LogP contribution is -2.53. The second kappa shape index (κ2) is 9.02. The zero-order chi connectivity index (χ0) is 18.3. The maximum atomic E-state index is 12.1. The molecule has 0 aromatic carbocycles. The lowest BCUT2D eigenvalue weighted by molar-refractivity contribution is -0.142. The molecule has 0 bridgehead atoms. The van der Waals surface area contributed by atoms with Crippen LogP contribution in [0.1, 0.15) is 32.9 Å². The minimum atomic E-state index is -1.17. The molecule has 1 rings (SSSR count). The van der Waals surface area contributed by atoms with Crippen molar-refractivity contribution < 1.29 is 19.5 Å². The first-order valence-electron chi connectivity index (χ1n) is 7.77. The smallest absolute Gasteiger partial charge is 0.326 e. The molecule has 3 unspecified atom stereocenters. The minimum absolute atomic E-state index is 0.0641. The summed E-state index contributed by atoms with van der Waals surface area (Å²) in [6, 6.07) is -2.72. The summed E-state index contributed by atoms with van der Waals surface area (Å²) in [5, 5.41) is 14.1. The topological polar surface area (TPSA) is 150 Å². The van der Waals surface area contributed by atoms with Crippen molar-refractivity contribution in [1.82, 2.24) is 20.6 Å². The Morgan fingerprint density at radius 2 is 1.92 bits per heavy atom. The molecule has 0 aliphatic heterocycles. The van der Waals surface area contributed by atoms with E-state index in [0.717, 1.165) is 0 Å². The van der Waals surface area contributed by atoms with Gasteiger partial charge in [0.05, 0.1) is 12.4 Å². The van der Waals surface area contributed by atoms with Crippen molar-refractivity contribution in [2.75, 3.05) is 0 Å². The number of carboxylic acid groups (broad SMARTS) is 1. The second-order valence-electron chi connectivity index (χ2n) is 6.15. The molecule has 2 amide bonds. The van der Waals surface area contributed by atoms with Gasteiger partial charge in [-0.25, -0.2) is 9.78 Å². The molecule has 6 N–H and O–H groups in total. The van der Waals surface area contributed by atoms with Gasteiger partial charge in [-0.3, -0.25) is 9.59 Å². The van der Waals surface area contributed by atoms with Gasteiger partial charge in [0.15, 0.2) is 0 Å². The first kappa shape index (κ1) is 19.6. The summed E-state index contributed by atoms with van der Waals surface area (Å²) in [6.45, 7) is 5.36. The van der Waals surface area contributed by atoms with Crippen molar-refractivity contribution in [2.24, 2.45) is 11.7 Å². The van der Waals surface area contributed by atoms with Crippen molar-refractivity contribution in [1.29, 1.82) is 0 Å². The number of nitrogens with one attached hydrogen (secondary N) is 3. The van der Waals surface area contributed by atoms with E-state index in [9.17, 15) is 19.5 Å². The van der Waals surface area contributed by atoms with Crippen LogP contribution in [0.4, 0.5) is 0 Å². The molecule has 1 aromatic rings. The van der Waals surface area contributed by atoms with Crippen molar-refractivity contribution in [3.05, 3.63) is 18.2 Å². The number of nitrogens with zero attached hydrogens (tertiary/aromatic N) is 1. The molecular weight excluding hydrogens is 314 g/mol. The number of nitrogens with two attached hydrogens (primary N) is 1. The number of hydrogen-bond donors (Lipinski definition) is 5. The normalized spacial score (nSPS) is 14.7. The maximum absolute atomic E-state index is 12.1. The van der Waals surface area contributed by atoms with Gasteiger partial charge < -0.3 is 26.5 Å². The van der Waals surface area contributed by atoms with Crippen LogP contribution >= 0.6 is 0 Å². The average Bonchev–Trinajstić information content (AvgIpc) is 2.98. The second-order valence-corrected chi connectivity index (χ2v) is 6.15. The molecule has 0 aliphatic rings. The van der Waals surface area contributed by atoms with Crippen LogP contribution in [-0.2, 0) is 20.8 Å². The predicted octanol–water partition coefficient (Wildman–Crippen LogP) is -0.600. The van der Waals surface area contributed by atoms with Gasteiger partial charge in [-0.05, 0) is 19.3 Å². The summed E-state index contributed by atoms with van der Waals surface area (Å²) in [7, 11) is 0. The van der Waals surface area contributed by atoms with Crippen LogP contribution < -0.4 is 16.4 Å². The summed E-state index contributed by atoms with van der Waals surface area (Å²) < 4.78 is 0. The predicted molar refractivity (Wildman–Crippen MR) is 86.9 cm³/mol. The maximum Gasteiger partial charge on any atom is 0.326 e. The standard InChI is InChI=1S/C15H25N5O4/c1-8(2)4-11(16)14(22)19-9(3)13(21)20-12(15(23)24)5-10-6-17-7-18-10/h6-9,11-12H,4-5,16H2,1-3H3,(H,17,18)(H,19,22)(H,20,21)(H,23,24). The van der Waals surface area contributed by atoms with E-state index in [1.807, 2.05) is 13.8 Å². The first-order chi connectivity index (χ1) is 11.2. The fourth-order valence-electron chi connectivity index (χ4n) is 2.11. The van der Waals surface area contributed by atoms with E-state index in [-0.39, 0.29) is 12.3 Å². The highest BCUT2D eigenvalue weighted by Gasteiger charge is 2.26. The van der Waals surface area contributed by atoms with Crippen LogP contribution in [0, 0.1) is 5.92 Å². The molecule has 0 saturated carbocycles. The van der Waals surface area contributed by atoms with E-state index in [4.69, 9.17) is 5.73 Å². The van der Waals surface area contributed by atoms with Gasteiger partial charge in [-0.15, -0.1) is 0 Å². The fourth-order valence-corrected chi connectivity index (χ4v) is 2.11. The van der Waals surface area contributed by atoms with Crippen LogP contribution in [0.3, 0.4) is 0 Å². The Morgan fingerprint density at radius 1 is 1.25 bits per heavy atom. The van der Waals surface area contributed by atoms with Crippen LogP contribution in [0.15, 0.2) is 12.5 Å². The third-order valence-electron chi connectivity index (χ3n) is 3.41. The fraction of sp³-hybridized carbons (Fsp3) is 0.600. The van der Waals surface area contributed by atoms with Crippen molar-refractivity contribution >= 4 is 17.8 Å². The molecule has 24 heavy (non-hydrogen) atoms. The first-order valence-corrected chi connectivity index (χ1v) is 7.77. The monoisotopic (exact) mass is 339 g/mol. The van der Waals surface area contributed by atoms with E-state index in [2.05, 4.69) is 20.6 Å². The van der Waals surface area contributed by atoms with E-state index < -0.39 is 35.9 Å². The largest absolute Gasteiger partial charge is 0.480 e. The Balaban J connectivity index is 2.57. The Bertz CT molecular complexity index is 558. The number of H-pyrrole nitrogens is 1. The van der Waals surface area contributed by atoms with E-state index in [1.165, 1.54) is 19.4 Å². The molecule has 134 valence electrons. The van der Waals surface area contributed by atoms with Crippen molar-refractivity contribution in [3.63, 3.8) is 0 Å². The number of amides is 2. The molecule has 9 heteroatoms. The molecule has 0 radical (unpaired) electrons. The highest BCUT2D eigenvalue weighted by molar-refractivity contribution is 5.91. The Labute approximate surface area is 140 Å². The quantitative estimate of drug-likeness (QED) is 0.405. The number of imidazole rings is 1. The highest BCUT2D eigenvalue weighted by Crippen LogP contribution is 2.03. The summed E-state index contributed by atoms with van der Waals surface area (Å²) in [4.78, 5) is 41.9. The van der Waals surface area contributed by atoms with Crippen LogP contribution in [0.5, 0.6) is 0 Å². The number of aliphatic carboxylic acids is 1. The Kier molecular flexibility index (Phi) is 7.37. The summed E-state index contributed by atoms with van der Waals surface area (Å²) in [5.74, 6) is -1.95. The van der Waals surface area contributed by atoms with Gasteiger partial charge in [-0.1, -0.05) is 13.8 Å². The minimum Gasteiger partial charge on any atom is -0.480 e. The zero-order valence-electron chi connectivity index (χ0n) is 14.1. The Morgan fingerprint density at radius 3 is 2.42 bits per heavy atom. The number of aromatic nitrogens is 2. The summed E-state index contributed by atoms with van der Waals surface area (Å²) in [5.41, 5.74) is 6.34. The third kappa shape index (κ3) is 6.37. The number of rotatable bonds is 9. The number of carbonyl (C=O) groups excluding carboxylic acids is 2. The Hall–Kier alpha value is -2.42. The number of carboxylic acids is 1. The number of aromatic amines is 1.